The number of nitrogens with one attached hydrogen (secondary N) is 2. The van der Waals surface area contributed by atoms with Gasteiger partial charge in [0, 0.05) is 19.1 Å². The fourth-order valence-corrected chi connectivity index (χ4v) is 3.72. The zero-order chi connectivity index (χ0) is 16.2. The first-order chi connectivity index (χ1) is 9.65. The van der Waals surface area contributed by atoms with Crippen LogP contribution < -0.4 is 10.0 Å². The van der Waals surface area contributed by atoms with Crippen LogP contribution in [0.3, 0.4) is 0 Å². The van der Waals surface area contributed by atoms with E-state index in [-0.39, 0.29) is 5.92 Å². The van der Waals surface area contributed by atoms with Gasteiger partial charge in [0.15, 0.2) is 0 Å². The van der Waals surface area contributed by atoms with Gasteiger partial charge in [-0.3, -0.25) is 4.68 Å². The smallest absolute Gasteiger partial charge is 0.244 e. The fraction of sp³-hybridized carbons (Fsp3) is 0.786. The Labute approximate surface area is 128 Å². The average Bonchev–Trinajstić information content (AvgIpc) is 2.62. The van der Waals surface area contributed by atoms with Crippen LogP contribution in [0.4, 0.5) is 0 Å². The zero-order valence-electron chi connectivity index (χ0n) is 13.9. The van der Waals surface area contributed by atoms with Crippen molar-refractivity contribution in [1.29, 1.82) is 0 Å². The Kier molecular flexibility index (Phi) is 6.37. The second kappa shape index (κ2) is 7.38. The van der Waals surface area contributed by atoms with E-state index in [9.17, 15) is 8.42 Å². The average molecular weight is 316 g/mol. The molecule has 0 fully saturated rings. The number of hydrogen-bond donors (Lipinski definition) is 2. The summed E-state index contributed by atoms with van der Waals surface area (Å²) in [6.45, 7) is 13.5. The van der Waals surface area contributed by atoms with E-state index in [4.69, 9.17) is 0 Å². The van der Waals surface area contributed by atoms with Gasteiger partial charge in [-0.2, -0.15) is 5.10 Å². The molecule has 0 aliphatic heterocycles. The van der Waals surface area contributed by atoms with Gasteiger partial charge in [-0.25, -0.2) is 13.1 Å². The molecule has 0 saturated carbocycles. The molecule has 0 spiro atoms. The highest BCUT2D eigenvalue weighted by Gasteiger charge is 2.24. The third-order valence-electron chi connectivity index (χ3n) is 3.14. The molecule has 0 saturated heterocycles. The molecule has 0 aromatic carbocycles. The second-order valence-electron chi connectivity index (χ2n) is 6.08. The number of aryl methyl sites for hydroxylation is 1. The van der Waals surface area contributed by atoms with Crippen LogP contribution in [0.25, 0.3) is 0 Å². The van der Waals surface area contributed by atoms with Gasteiger partial charge in [0.05, 0.1) is 17.9 Å². The van der Waals surface area contributed by atoms with Crippen molar-refractivity contribution in [3.05, 3.63) is 11.4 Å². The van der Waals surface area contributed by atoms with Crippen molar-refractivity contribution in [3.63, 3.8) is 0 Å². The summed E-state index contributed by atoms with van der Waals surface area (Å²) in [6, 6.07) is 0.401. The molecule has 0 atom stereocenters. The molecule has 7 heteroatoms. The zero-order valence-corrected chi connectivity index (χ0v) is 14.7. The van der Waals surface area contributed by atoms with E-state index in [0.717, 1.165) is 6.54 Å². The summed E-state index contributed by atoms with van der Waals surface area (Å²) >= 11 is 0. The van der Waals surface area contributed by atoms with Crippen LogP contribution in [0.2, 0.25) is 0 Å². The van der Waals surface area contributed by atoms with E-state index in [1.807, 2.05) is 13.8 Å². The van der Waals surface area contributed by atoms with Gasteiger partial charge in [-0.1, -0.05) is 27.7 Å². The van der Waals surface area contributed by atoms with Crippen LogP contribution in [-0.4, -0.2) is 37.3 Å². The monoisotopic (exact) mass is 316 g/mol. The second-order valence-corrected chi connectivity index (χ2v) is 7.78. The van der Waals surface area contributed by atoms with Crippen LogP contribution in [0.5, 0.6) is 0 Å². The van der Waals surface area contributed by atoms with Crippen LogP contribution in [0.15, 0.2) is 4.90 Å². The maximum Gasteiger partial charge on any atom is 0.244 e. The third kappa shape index (κ3) is 5.09. The molecule has 1 rings (SSSR count). The highest BCUT2D eigenvalue weighted by molar-refractivity contribution is 7.89. The number of rotatable bonds is 8. The summed E-state index contributed by atoms with van der Waals surface area (Å²) in [5.41, 5.74) is 1.24. The van der Waals surface area contributed by atoms with E-state index >= 15 is 0 Å². The molecule has 21 heavy (non-hydrogen) atoms. The summed E-state index contributed by atoms with van der Waals surface area (Å²) in [4.78, 5) is 0.313. The first kappa shape index (κ1) is 18.1. The maximum atomic E-state index is 12.4. The minimum absolute atomic E-state index is 0.269. The lowest BCUT2D eigenvalue weighted by Gasteiger charge is -2.10. The first-order valence-electron chi connectivity index (χ1n) is 7.42. The van der Waals surface area contributed by atoms with Crippen LogP contribution in [0, 0.1) is 19.8 Å². The Morgan fingerprint density at radius 3 is 2.33 bits per heavy atom. The lowest BCUT2D eigenvalue weighted by atomic mass is 10.2. The van der Waals surface area contributed by atoms with Gasteiger partial charge in [-0.05, 0) is 19.8 Å². The van der Waals surface area contributed by atoms with Gasteiger partial charge in [0.1, 0.15) is 4.90 Å². The summed E-state index contributed by atoms with van der Waals surface area (Å²) in [7, 11) is -3.49. The minimum Gasteiger partial charge on any atom is -0.313 e. The molecule has 0 bridgehead atoms. The van der Waals surface area contributed by atoms with Gasteiger partial charge < -0.3 is 5.32 Å². The lowest BCUT2D eigenvalue weighted by Crippen LogP contribution is -2.29. The summed E-state index contributed by atoms with van der Waals surface area (Å²) < 4.78 is 29.2. The summed E-state index contributed by atoms with van der Waals surface area (Å²) in [5, 5.41) is 7.66. The SMILES string of the molecule is Cc1nn(CCNC(C)C)c(C)c1S(=O)(=O)NCC(C)C. The standard InChI is InChI=1S/C14H28N4O2S/c1-10(2)9-16-21(19,20)14-12(5)17-18(13(14)6)8-7-15-11(3)4/h10-11,15-16H,7-9H2,1-6H3. The van der Waals surface area contributed by atoms with Crippen LogP contribution >= 0.6 is 0 Å². The maximum absolute atomic E-state index is 12.4. The number of sulfonamides is 1. The predicted molar refractivity (Wildman–Crippen MR) is 84.9 cm³/mol. The molecule has 0 radical (unpaired) electrons. The molecule has 0 aliphatic rings. The quantitative estimate of drug-likeness (QED) is 0.761. The Morgan fingerprint density at radius 2 is 1.81 bits per heavy atom. The Balaban J connectivity index is 2.91. The first-order valence-corrected chi connectivity index (χ1v) is 8.90. The van der Waals surface area contributed by atoms with Crippen molar-refractivity contribution < 1.29 is 8.42 Å². The molecular formula is C14H28N4O2S. The van der Waals surface area contributed by atoms with E-state index < -0.39 is 10.0 Å². The third-order valence-corrected chi connectivity index (χ3v) is 4.82. The topological polar surface area (TPSA) is 76.0 Å². The minimum atomic E-state index is -3.49. The van der Waals surface area contributed by atoms with Crippen LogP contribution in [-0.2, 0) is 16.6 Å². The number of nitrogens with zero attached hydrogens (tertiary/aromatic N) is 2. The van der Waals surface area contributed by atoms with Crippen LogP contribution in [0.1, 0.15) is 39.1 Å². The molecule has 0 unspecified atom stereocenters. The highest BCUT2D eigenvalue weighted by atomic mass is 32.2. The molecule has 6 nitrogen and oxygen atoms in total. The Bertz CT molecular complexity index is 562. The van der Waals surface area contributed by atoms with E-state index in [2.05, 4.69) is 29.0 Å². The lowest BCUT2D eigenvalue weighted by molar-refractivity contribution is 0.506. The molecule has 1 heterocycles. The highest BCUT2D eigenvalue weighted by Crippen LogP contribution is 2.19. The molecule has 1 aromatic rings. The van der Waals surface area contributed by atoms with E-state index in [1.165, 1.54) is 0 Å². The molecule has 122 valence electrons. The van der Waals surface area contributed by atoms with Crippen molar-refractivity contribution in [2.45, 2.75) is 59.0 Å². The fourth-order valence-electron chi connectivity index (χ4n) is 2.09. The molecule has 0 amide bonds. The van der Waals surface area contributed by atoms with Crippen molar-refractivity contribution in [2.75, 3.05) is 13.1 Å². The molecule has 1 aromatic heterocycles. The normalized spacial score (nSPS) is 12.6. The Hall–Kier alpha value is -0.920. The van der Waals surface area contributed by atoms with Crippen molar-refractivity contribution >= 4 is 10.0 Å². The van der Waals surface area contributed by atoms with Crippen molar-refractivity contribution in [2.24, 2.45) is 5.92 Å². The van der Waals surface area contributed by atoms with Gasteiger partial charge in [0.2, 0.25) is 10.0 Å². The molecular weight excluding hydrogens is 288 g/mol. The largest absolute Gasteiger partial charge is 0.313 e. The summed E-state index contributed by atoms with van der Waals surface area (Å²) in [6.07, 6.45) is 0. The summed E-state index contributed by atoms with van der Waals surface area (Å²) in [5.74, 6) is 0.269. The van der Waals surface area contributed by atoms with Crippen molar-refractivity contribution in [1.82, 2.24) is 19.8 Å². The molecule has 0 aliphatic carbocycles. The van der Waals surface area contributed by atoms with E-state index in [1.54, 1.807) is 18.5 Å². The van der Waals surface area contributed by atoms with Gasteiger partial charge in [-0.15, -0.1) is 0 Å². The Morgan fingerprint density at radius 1 is 1.19 bits per heavy atom. The molecule has 2 N–H and O–H groups in total. The van der Waals surface area contributed by atoms with E-state index in [0.29, 0.717) is 35.4 Å². The predicted octanol–water partition coefficient (Wildman–Crippen LogP) is 1.43. The number of aromatic nitrogens is 2. The van der Waals surface area contributed by atoms with Gasteiger partial charge in [0.25, 0.3) is 0 Å². The number of hydrogen-bond acceptors (Lipinski definition) is 4. The van der Waals surface area contributed by atoms with Crippen molar-refractivity contribution in [3.8, 4) is 0 Å². The van der Waals surface area contributed by atoms with Gasteiger partial charge >= 0.3 is 0 Å².